The summed E-state index contributed by atoms with van der Waals surface area (Å²) in [7, 11) is 1.24. The predicted octanol–water partition coefficient (Wildman–Crippen LogP) is 1.02. The largest absolute Gasteiger partial charge is 0.480 e. The van der Waals surface area contributed by atoms with Gasteiger partial charge in [-0.3, -0.25) is 4.79 Å². The summed E-state index contributed by atoms with van der Waals surface area (Å²) < 4.78 is 4.45. The lowest BCUT2D eigenvalue weighted by molar-refractivity contribution is -0.142. The van der Waals surface area contributed by atoms with Crippen LogP contribution in [0.1, 0.15) is 44.9 Å². The Morgan fingerprint density at radius 1 is 1.25 bits per heavy atom. The number of esters is 1. The van der Waals surface area contributed by atoms with E-state index in [-0.39, 0.29) is 18.9 Å². The summed E-state index contributed by atoms with van der Waals surface area (Å²) in [5, 5.41) is 14.2. The van der Waals surface area contributed by atoms with Gasteiger partial charge in [0.25, 0.3) is 0 Å². The molecule has 1 saturated carbocycles. The molecule has 1 aliphatic rings. The summed E-state index contributed by atoms with van der Waals surface area (Å²) in [5.41, 5.74) is 0. The van der Waals surface area contributed by atoms with Crippen molar-refractivity contribution in [3.05, 3.63) is 0 Å². The number of carboxylic acid groups (broad SMARTS) is 1. The van der Waals surface area contributed by atoms with Crippen LogP contribution in [0.2, 0.25) is 0 Å². The molecule has 0 aromatic rings. The first-order valence-corrected chi connectivity index (χ1v) is 6.89. The molecule has 1 unspecified atom stereocenters. The maximum Gasteiger partial charge on any atom is 0.326 e. The van der Waals surface area contributed by atoms with Crippen molar-refractivity contribution in [1.82, 2.24) is 10.6 Å². The van der Waals surface area contributed by atoms with E-state index in [1.54, 1.807) is 0 Å². The predicted molar refractivity (Wildman–Crippen MR) is 71.2 cm³/mol. The number of aliphatic carboxylic acids is 1. The Morgan fingerprint density at radius 2 is 1.90 bits per heavy atom. The Balaban J connectivity index is 2.37. The van der Waals surface area contributed by atoms with E-state index in [9.17, 15) is 14.4 Å². The molecule has 0 aliphatic heterocycles. The van der Waals surface area contributed by atoms with E-state index in [2.05, 4.69) is 15.4 Å². The second kappa shape index (κ2) is 8.39. The summed E-state index contributed by atoms with van der Waals surface area (Å²) >= 11 is 0. The van der Waals surface area contributed by atoms with Crippen molar-refractivity contribution in [3.8, 4) is 0 Å². The Bertz CT molecular complexity index is 353. The van der Waals surface area contributed by atoms with Crippen LogP contribution in [0.3, 0.4) is 0 Å². The molecule has 0 heterocycles. The quantitative estimate of drug-likeness (QED) is 0.632. The number of hydrogen-bond acceptors (Lipinski definition) is 4. The van der Waals surface area contributed by atoms with Crippen LogP contribution in [0.25, 0.3) is 0 Å². The van der Waals surface area contributed by atoms with E-state index in [4.69, 9.17) is 5.11 Å². The standard InChI is InChI=1S/C13H22N2O5/c1-20-11(16)8-7-10(12(17)18)15-13(19)14-9-5-3-2-4-6-9/h9-10H,2-8H2,1H3,(H,17,18)(H2,14,15,19). The third-order valence-corrected chi connectivity index (χ3v) is 3.41. The minimum absolute atomic E-state index is 0.0140. The zero-order chi connectivity index (χ0) is 15.0. The number of carboxylic acids is 1. The van der Waals surface area contributed by atoms with Gasteiger partial charge in [-0.1, -0.05) is 19.3 Å². The lowest BCUT2D eigenvalue weighted by Crippen LogP contribution is -2.49. The molecule has 0 spiro atoms. The van der Waals surface area contributed by atoms with Crippen molar-refractivity contribution in [3.63, 3.8) is 0 Å². The number of urea groups is 1. The molecule has 0 aromatic heterocycles. The van der Waals surface area contributed by atoms with Crippen LogP contribution in [0.5, 0.6) is 0 Å². The monoisotopic (exact) mass is 286 g/mol. The molecule has 1 atom stereocenters. The molecule has 1 rings (SSSR count). The van der Waals surface area contributed by atoms with Gasteiger partial charge in [-0.15, -0.1) is 0 Å². The van der Waals surface area contributed by atoms with Crippen molar-refractivity contribution in [1.29, 1.82) is 0 Å². The molecule has 0 saturated heterocycles. The molecule has 0 aromatic carbocycles. The molecule has 1 aliphatic carbocycles. The zero-order valence-corrected chi connectivity index (χ0v) is 11.7. The first-order chi connectivity index (χ1) is 9.52. The fourth-order valence-electron chi connectivity index (χ4n) is 2.25. The number of carbonyl (C=O) groups excluding carboxylic acids is 2. The first-order valence-electron chi connectivity index (χ1n) is 6.89. The number of rotatable bonds is 6. The van der Waals surface area contributed by atoms with Crippen LogP contribution in [-0.2, 0) is 14.3 Å². The summed E-state index contributed by atoms with van der Waals surface area (Å²) in [4.78, 5) is 33.8. The number of ether oxygens (including phenoxy) is 1. The second-order valence-electron chi connectivity index (χ2n) is 4.96. The molecular formula is C13H22N2O5. The third-order valence-electron chi connectivity index (χ3n) is 3.41. The molecule has 20 heavy (non-hydrogen) atoms. The Labute approximate surface area is 118 Å². The van der Waals surface area contributed by atoms with E-state index >= 15 is 0 Å². The first kappa shape index (κ1) is 16.3. The van der Waals surface area contributed by atoms with Gasteiger partial charge in [0.05, 0.1) is 7.11 Å². The second-order valence-corrected chi connectivity index (χ2v) is 4.96. The van der Waals surface area contributed by atoms with Gasteiger partial charge >= 0.3 is 18.0 Å². The number of hydrogen-bond donors (Lipinski definition) is 3. The van der Waals surface area contributed by atoms with E-state index in [1.807, 2.05) is 0 Å². The lowest BCUT2D eigenvalue weighted by Gasteiger charge is -2.24. The van der Waals surface area contributed by atoms with Crippen LogP contribution in [0, 0.1) is 0 Å². The van der Waals surface area contributed by atoms with Crippen LogP contribution >= 0.6 is 0 Å². The minimum atomic E-state index is -1.16. The SMILES string of the molecule is COC(=O)CCC(NC(=O)NC1CCCCC1)C(=O)O. The van der Waals surface area contributed by atoms with Crippen LogP contribution in [0.4, 0.5) is 4.79 Å². The van der Waals surface area contributed by atoms with E-state index in [0.717, 1.165) is 25.7 Å². The summed E-state index contributed by atoms with van der Waals surface area (Å²) in [6, 6.07) is -1.47. The third kappa shape index (κ3) is 5.90. The molecule has 3 N–H and O–H groups in total. The minimum Gasteiger partial charge on any atom is -0.480 e. The Morgan fingerprint density at radius 3 is 2.45 bits per heavy atom. The molecule has 0 bridgehead atoms. The normalized spacial score (nSPS) is 17.1. The molecular weight excluding hydrogens is 264 g/mol. The highest BCUT2D eigenvalue weighted by Crippen LogP contribution is 2.17. The highest BCUT2D eigenvalue weighted by Gasteiger charge is 2.23. The summed E-state index contributed by atoms with van der Waals surface area (Å²) in [6.07, 6.45) is 5.15. The number of amides is 2. The molecule has 7 nitrogen and oxygen atoms in total. The molecule has 7 heteroatoms. The zero-order valence-electron chi connectivity index (χ0n) is 11.7. The number of methoxy groups -OCH3 is 1. The van der Waals surface area contributed by atoms with Gasteiger partial charge in [-0.05, 0) is 19.3 Å². The average molecular weight is 286 g/mol. The topological polar surface area (TPSA) is 105 Å². The lowest BCUT2D eigenvalue weighted by atomic mass is 9.96. The van der Waals surface area contributed by atoms with Crippen molar-refractivity contribution >= 4 is 18.0 Å². The van der Waals surface area contributed by atoms with Gasteiger partial charge in [0, 0.05) is 12.5 Å². The fraction of sp³-hybridized carbons (Fsp3) is 0.769. The average Bonchev–Trinajstić information content (AvgIpc) is 2.43. The maximum atomic E-state index is 11.7. The highest BCUT2D eigenvalue weighted by molar-refractivity contribution is 5.83. The van der Waals surface area contributed by atoms with Gasteiger partial charge in [-0.2, -0.15) is 0 Å². The van der Waals surface area contributed by atoms with Crippen molar-refractivity contribution in [2.45, 2.75) is 57.0 Å². The molecule has 2 amide bonds. The Hall–Kier alpha value is -1.79. The molecule has 114 valence electrons. The van der Waals surface area contributed by atoms with E-state index in [0.29, 0.717) is 0 Å². The number of nitrogens with one attached hydrogen (secondary N) is 2. The van der Waals surface area contributed by atoms with Gasteiger partial charge in [0.1, 0.15) is 6.04 Å². The maximum absolute atomic E-state index is 11.7. The van der Waals surface area contributed by atoms with Crippen molar-refractivity contribution < 1.29 is 24.2 Å². The van der Waals surface area contributed by atoms with E-state index < -0.39 is 24.0 Å². The molecule has 1 fully saturated rings. The smallest absolute Gasteiger partial charge is 0.326 e. The van der Waals surface area contributed by atoms with Crippen molar-refractivity contribution in [2.24, 2.45) is 0 Å². The van der Waals surface area contributed by atoms with Gasteiger partial charge in [-0.25, -0.2) is 9.59 Å². The fourth-order valence-corrected chi connectivity index (χ4v) is 2.25. The van der Waals surface area contributed by atoms with Crippen LogP contribution in [0.15, 0.2) is 0 Å². The summed E-state index contributed by atoms with van der Waals surface area (Å²) in [5.74, 6) is -1.65. The van der Waals surface area contributed by atoms with Crippen LogP contribution in [-0.4, -0.2) is 42.3 Å². The molecule has 0 radical (unpaired) electrons. The summed E-state index contributed by atoms with van der Waals surface area (Å²) in [6.45, 7) is 0. The van der Waals surface area contributed by atoms with Gasteiger partial charge in [0.15, 0.2) is 0 Å². The number of carbonyl (C=O) groups is 3. The van der Waals surface area contributed by atoms with Gasteiger partial charge in [0.2, 0.25) is 0 Å². The highest BCUT2D eigenvalue weighted by atomic mass is 16.5. The van der Waals surface area contributed by atoms with Crippen molar-refractivity contribution in [2.75, 3.05) is 7.11 Å². The van der Waals surface area contributed by atoms with Gasteiger partial charge < -0.3 is 20.5 Å². The Kier molecular flexibility index (Phi) is 6.83. The van der Waals surface area contributed by atoms with E-state index in [1.165, 1.54) is 13.5 Å². The van der Waals surface area contributed by atoms with Crippen LogP contribution < -0.4 is 10.6 Å².